The molecule has 13 rings (SSSR count). The van der Waals surface area contributed by atoms with E-state index in [9.17, 15) is 0 Å². The molecule has 3 aliphatic heterocycles. The van der Waals surface area contributed by atoms with Crippen LogP contribution in [0.25, 0.3) is 22.3 Å². The van der Waals surface area contributed by atoms with Gasteiger partial charge < -0.3 is 24.2 Å². The molecule has 0 N–H and O–H groups in total. The Bertz CT molecular complexity index is 3940. The fourth-order valence-electron chi connectivity index (χ4n) is 13.1. The highest BCUT2D eigenvalue weighted by molar-refractivity contribution is 7.00. The van der Waals surface area contributed by atoms with Crippen LogP contribution in [0.2, 0.25) is 0 Å². The highest BCUT2D eigenvalue weighted by Crippen LogP contribution is 2.52. The number of ether oxygens (including phenoxy) is 2. The first-order chi connectivity index (χ1) is 38.4. The van der Waals surface area contributed by atoms with Gasteiger partial charge in [-0.15, -0.1) is 0 Å². The van der Waals surface area contributed by atoms with E-state index >= 15 is 0 Å². The first-order valence-corrected chi connectivity index (χ1v) is 29.3. The number of anilines is 9. The molecule has 0 aromatic heterocycles. The Morgan fingerprint density at radius 3 is 1.41 bits per heavy atom. The molecule has 1 aliphatic carbocycles. The van der Waals surface area contributed by atoms with Crippen LogP contribution < -0.4 is 40.6 Å². The van der Waals surface area contributed by atoms with Gasteiger partial charge in [0.25, 0.3) is 6.71 Å². The number of hydrogen-bond donors (Lipinski definition) is 0. The third-order valence-corrected chi connectivity index (χ3v) is 17.9. The Kier molecular flexibility index (Phi) is 12.0. The lowest BCUT2D eigenvalue weighted by atomic mass is 9.33. The molecule has 0 saturated heterocycles. The van der Waals surface area contributed by atoms with Crippen molar-refractivity contribution in [3.05, 3.63) is 215 Å². The van der Waals surface area contributed by atoms with Gasteiger partial charge in [-0.3, -0.25) is 0 Å². The maximum Gasteiger partial charge on any atom is 0.252 e. The summed E-state index contributed by atoms with van der Waals surface area (Å²) in [6.45, 7) is 33.2. The van der Waals surface area contributed by atoms with E-state index in [-0.39, 0.29) is 33.8 Å². The first-order valence-electron chi connectivity index (χ1n) is 29.3. The minimum absolute atomic E-state index is 0.00238. The summed E-state index contributed by atoms with van der Waals surface area (Å²) in [6, 6.07) is 69.8. The van der Waals surface area contributed by atoms with Gasteiger partial charge in [0.2, 0.25) is 0 Å². The highest BCUT2D eigenvalue weighted by atomic mass is 16.6. The topological polar surface area (TPSA) is 28.2 Å². The first kappa shape index (κ1) is 52.4. The molecule has 9 aromatic rings. The van der Waals surface area contributed by atoms with E-state index in [1.54, 1.807) is 0 Å². The largest absolute Gasteiger partial charge is 0.486 e. The van der Waals surface area contributed by atoms with Crippen LogP contribution >= 0.6 is 0 Å². The number of nitrogens with zero attached hydrogens (tertiary/aromatic N) is 3. The molecule has 0 radical (unpaired) electrons. The molecule has 6 heteroatoms. The molecule has 0 atom stereocenters. The molecule has 3 heterocycles. The second-order valence-electron chi connectivity index (χ2n) is 27.8. The lowest BCUT2D eigenvalue weighted by Gasteiger charge is -2.45. The molecule has 0 amide bonds. The predicted octanol–water partition coefficient (Wildman–Crippen LogP) is 18.2. The highest BCUT2D eigenvalue weighted by Gasteiger charge is 2.45. The number of hydrogen-bond acceptors (Lipinski definition) is 5. The normalized spacial score (nSPS) is 14.9. The molecule has 5 nitrogen and oxygen atoms in total. The van der Waals surface area contributed by atoms with Crippen LogP contribution in [0.5, 0.6) is 11.5 Å². The molecule has 0 spiro atoms. The average molecular weight is 1060 g/mol. The Balaban J connectivity index is 1.04. The summed E-state index contributed by atoms with van der Waals surface area (Å²) in [5, 5.41) is 0. The number of fused-ring (bicyclic) bond motifs is 8. The van der Waals surface area contributed by atoms with Crippen molar-refractivity contribution >= 4 is 74.3 Å². The van der Waals surface area contributed by atoms with Gasteiger partial charge in [0.15, 0.2) is 11.5 Å². The molecule has 9 aromatic carbocycles. The van der Waals surface area contributed by atoms with Crippen LogP contribution in [0, 0.1) is 0 Å². The van der Waals surface area contributed by atoms with Crippen LogP contribution in [0.1, 0.15) is 130 Å². The minimum Gasteiger partial charge on any atom is -0.486 e. The van der Waals surface area contributed by atoms with Gasteiger partial charge in [-0.05, 0) is 179 Å². The van der Waals surface area contributed by atoms with E-state index in [4.69, 9.17) is 9.47 Å². The van der Waals surface area contributed by atoms with Crippen molar-refractivity contribution < 1.29 is 9.47 Å². The Morgan fingerprint density at radius 2 is 0.852 bits per heavy atom. The van der Waals surface area contributed by atoms with Crippen LogP contribution in [-0.2, 0) is 27.1 Å². The van der Waals surface area contributed by atoms with Crippen LogP contribution in [0.15, 0.2) is 182 Å². The molecule has 81 heavy (non-hydrogen) atoms. The van der Waals surface area contributed by atoms with Crippen molar-refractivity contribution in [2.24, 2.45) is 0 Å². The third-order valence-electron chi connectivity index (χ3n) is 17.9. The maximum absolute atomic E-state index is 6.47. The molecule has 0 fully saturated rings. The fourth-order valence-corrected chi connectivity index (χ4v) is 13.1. The summed E-state index contributed by atoms with van der Waals surface area (Å²) in [5.74, 6) is 1.58. The van der Waals surface area contributed by atoms with Crippen molar-refractivity contribution in [3.63, 3.8) is 0 Å². The SMILES string of the molecule is CC(C)(C)c1ccc(N(c2ccc(-c3cc4c5c(c3)N(c3ccc(C(C)(C)C)cc3)c3cc6c(cc3B5c3cc(C(C)(C)C)ccc3N4c3ccc(C(C)(C)C)cc3)OCCO6)cc2)c2ccc3c(c2)C(C)(C)c2ccccc2-3)cc1. The van der Waals surface area contributed by atoms with Crippen LogP contribution in [0.4, 0.5) is 51.2 Å². The van der Waals surface area contributed by atoms with Gasteiger partial charge >= 0.3 is 0 Å². The van der Waals surface area contributed by atoms with E-state index in [2.05, 4.69) is 294 Å². The van der Waals surface area contributed by atoms with Crippen LogP contribution in [-0.4, -0.2) is 19.9 Å². The molecule has 4 aliphatic rings. The smallest absolute Gasteiger partial charge is 0.252 e. The zero-order valence-corrected chi connectivity index (χ0v) is 50.0. The average Bonchev–Trinajstić information content (AvgIpc) is 2.89. The molecule has 0 bridgehead atoms. The van der Waals surface area contributed by atoms with Gasteiger partial charge in [-0.1, -0.05) is 188 Å². The molecule has 406 valence electrons. The number of rotatable bonds is 6. The summed E-state index contributed by atoms with van der Waals surface area (Å²) in [7, 11) is 0. The minimum atomic E-state index is -0.139. The summed E-state index contributed by atoms with van der Waals surface area (Å²) >= 11 is 0. The van der Waals surface area contributed by atoms with E-state index < -0.39 is 0 Å². The Labute approximate surface area is 482 Å². The van der Waals surface area contributed by atoms with E-state index in [1.165, 1.54) is 66.6 Å². The molecular weight excluding hydrogens is 986 g/mol. The van der Waals surface area contributed by atoms with Gasteiger partial charge in [0.05, 0.1) is 0 Å². The number of benzene rings is 9. The second-order valence-corrected chi connectivity index (χ2v) is 27.8. The Morgan fingerprint density at radius 1 is 0.395 bits per heavy atom. The lowest BCUT2D eigenvalue weighted by molar-refractivity contribution is 0.172. The van der Waals surface area contributed by atoms with Gasteiger partial charge in [0.1, 0.15) is 13.2 Å². The van der Waals surface area contributed by atoms with Crippen molar-refractivity contribution in [1.29, 1.82) is 0 Å². The standard InChI is InChI=1S/C75H76BN3O2/c1-71(2,3)49-21-30-54(31-22-49)77(57-36-37-59-58-17-15-16-18-60(58)75(13,14)61(59)44-57)53-28-19-47(20-29-53)48-41-66-70-67(42-48)79(56-34-25-51(26-35-56)73(7,8)9)65-46-69-68(80-39-40-81-69)45-63(65)76(70)62-43-52(74(10,11)12)27-38-64(62)78(66)55-32-23-50(24-33-55)72(4,5)6/h15-38,41-46H,39-40H2,1-14H3. The second kappa shape index (κ2) is 18.5. The van der Waals surface area contributed by atoms with Gasteiger partial charge in [-0.25, -0.2) is 0 Å². The van der Waals surface area contributed by atoms with Crippen molar-refractivity contribution in [3.8, 4) is 33.8 Å². The van der Waals surface area contributed by atoms with E-state index in [0.29, 0.717) is 13.2 Å². The fraction of sp³-hybridized carbons (Fsp3) is 0.280. The summed E-state index contributed by atoms with van der Waals surface area (Å²) in [5.41, 5.74) is 26.6. The van der Waals surface area contributed by atoms with Crippen molar-refractivity contribution in [2.75, 3.05) is 27.9 Å². The quantitative estimate of drug-likeness (QED) is 0.155. The Hall–Kier alpha value is -7.96. The lowest BCUT2D eigenvalue weighted by Crippen LogP contribution is -2.61. The van der Waals surface area contributed by atoms with Gasteiger partial charge in [-0.2, -0.15) is 0 Å². The van der Waals surface area contributed by atoms with E-state index in [1.807, 2.05) is 0 Å². The van der Waals surface area contributed by atoms with E-state index in [0.717, 1.165) is 68.1 Å². The molecule has 0 saturated carbocycles. The van der Waals surface area contributed by atoms with Crippen LogP contribution in [0.3, 0.4) is 0 Å². The summed E-state index contributed by atoms with van der Waals surface area (Å²) in [4.78, 5) is 7.49. The van der Waals surface area contributed by atoms with Crippen molar-refractivity contribution in [1.82, 2.24) is 0 Å². The monoisotopic (exact) mass is 1060 g/mol. The third kappa shape index (κ3) is 8.83. The maximum atomic E-state index is 6.47. The molecular formula is C75H76BN3O2. The zero-order chi connectivity index (χ0) is 56.7. The predicted molar refractivity (Wildman–Crippen MR) is 344 cm³/mol. The molecule has 0 unspecified atom stereocenters. The summed E-state index contributed by atoms with van der Waals surface area (Å²) in [6.07, 6.45) is 0. The zero-order valence-electron chi connectivity index (χ0n) is 50.0. The van der Waals surface area contributed by atoms with Gasteiger partial charge in [0, 0.05) is 62.7 Å². The summed E-state index contributed by atoms with van der Waals surface area (Å²) < 4.78 is 12.9. The van der Waals surface area contributed by atoms with Crippen molar-refractivity contribution in [2.45, 2.75) is 124 Å².